The summed E-state index contributed by atoms with van der Waals surface area (Å²) in [7, 11) is 0. The maximum Gasteiger partial charge on any atom is 0.270 e. The van der Waals surface area contributed by atoms with Gasteiger partial charge in [0, 0.05) is 48.7 Å². The lowest BCUT2D eigenvalue weighted by atomic mass is 9.98. The number of anilines is 2. The minimum absolute atomic E-state index is 0.162. The summed E-state index contributed by atoms with van der Waals surface area (Å²) in [5.74, 6) is -0.722. The van der Waals surface area contributed by atoms with Crippen LogP contribution in [0.25, 0.3) is 0 Å². The maximum absolute atomic E-state index is 13.4. The molecule has 0 radical (unpaired) electrons. The Morgan fingerprint density at radius 2 is 1.62 bits per heavy atom. The molecule has 1 aliphatic heterocycles. The lowest BCUT2D eigenvalue weighted by molar-refractivity contribution is -0.384. The second-order valence-electron chi connectivity index (χ2n) is 9.43. The van der Waals surface area contributed by atoms with Crippen molar-refractivity contribution >= 4 is 28.9 Å². The Hall–Kier alpha value is -4.98. The summed E-state index contributed by atoms with van der Waals surface area (Å²) in [4.78, 5) is 39.1. The maximum atomic E-state index is 13.4. The first-order valence-corrected chi connectivity index (χ1v) is 12.8. The number of non-ortho nitro benzene ring substituents is 1. The third-order valence-electron chi connectivity index (χ3n) is 6.83. The summed E-state index contributed by atoms with van der Waals surface area (Å²) in [6.07, 6.45) is 1.57. The molecule has 0 spiro atoms. The van der Waals surface area contributed by atoms with Crippen LogP contribution in [0.1, 0.15) is 37.4 Å². The quantitative estimate of drug-likeness (QED) is 0.240. The molecular weight excluding hydrogens is 492 g/mol. The molecule has 39 heavy (non-hydrogen) atoms. The van der Waals surface area contributed by atoms with Crippen molar-refractivity contribution in [1.82, 2.24) is 5.32 Å². The van der Waals surface area contributed by atoms with Gasteiger partial charge >= 0.3 is 0 Å². The molecule has 0 aliphatic carbocycles. The number of nitrogens with zero attached hydrogens (tertiary/aromatic N) is 2. The molecule has 2 N–H and O–H groups in total. The van der Waals surface area contributed by atoms with E-state index in [9.17, 15) is 19.7 Å². The van der Waals surface area contributed by atoms with E-state index in [1.807, 2.05) is 48.5 Å². The summed E-state index contributed by atoms with van der Waals surface area (Å²) in [5.41, 5.74) is 5.33. The van der Waals surface area contributed by atoms with Gasteiger partial charge in [-0.1, -0.05) is 60.7 Å². The van der Waals surface area contributed by atoms with Crippen molar-refractivity contribution in [3.05, 3.63) is 135 Å². The van der Waals surface area contributed by atoms with Crippen LogP contribution in [0.3, 0.4) is 0 Å². The van der Waals surface area contributed by atoms with E-state index in [0.717, 1.165) is 24.2 Å². The zero-order chi connectivity index (χ0) is 27.2. The number of nitro benzene ring substituents is 1. The first-order chi connectivity index (χ1) is 19.0. The average molecular weight is 521 g/mol. The van der Waals surface area contributed by atoms with Gasteiger partial charge < -0.3 is 15.5 Å². The largest absolute Gasteiger partial charge is 0.366 e. The monoisotopic (exact) mass is 520 g/mol. The van der Waals surface area contributed by atoms with Gasteiger partial charge in [0.1, 0.15) is 0 Å². The van der Waals surface area contributed by atoms with Crippen LogP contribution in [-0.4, -0.2) is 29.8 Å². The van der Waals surface area contributed by atoms with E-state index < -0.39 is 10.8 Å². The molecule has 0 aromatic heterocycles. The van der Waals surface area contributed by atoms with E-state index in [1.54, 1.807) is 12.1 Å². The molecule has 4 aromatic carbocycles. The Morgan fingerprint density at radius 3 is 2.41 bits per heavy atom. The highest BCUT2D eigenvalue weighted by Gasteiger charge is 2.22. The normalized spacial score (nSPS) is 12.4. The van der Waals surface area contributed by atoms with E-state index in [2.05, 4.69) is 27.7 Å². The fraction of sp³-hybridized carbons (Fsp3) is 0.161. The van der Waals surface area contributed by atoms with Crippen molar-refractivity contribution in [2.75, 3.05) is 23.3 Å². The predicted octanol–water partition coefficient (Wildman–Crippen LogP) is 5.38. The van der Waals surface area contributed by atoms with Crippen LogP contribution in [0.15, 0.2) is 97.1 Å². The van der Waals surface area contributed by atoms with E-state index in [-0.39, 0.29) is 17.2 Å². The minimum Gasteiger partial charge on any atom is -0.366 e. The van der Waals surface area contributed by atoms with Gasteiger partial charge in [-0.3, -0.25) is 19.7 Å². The molecule has 4 aromatic rings. The number of rotatable bonds is 8. The van der Waals surface area contributed by atoms with Gasteiger partial charge in [0.25, 0.3) is 17.5 Å². The molecule has 1 heterocycles. The highest BCUT2D eigenvalue weighted by atomic mass is 16.6. The molecule has 0 bridgehead atoms. The molecule has 0 saturated heterocycles. The van der Waals surface area contributed by atoms with Crippen LogP contribution in [0.5, 0.6) is 0 Å². The topological polar surface area (TPSA) is 105 Å². The third kappa shape index (κ3) is 6.13. The second-order valence-corrected chi connectivity index (χ2v) is 9.43. The van der Waals surface area contributed by atoms with E-state index in [1.165, 1.54) is 35.4 Å². The van der Waals surface area contributed by atoms with Crippen LogP contribution < -0.4 is 15.5 Å². The third-order valence-corrected chi connectivity index (χ3v) is 6.83. The molecular formula is C31H28N4O4. The minimum atomic E-state index is -0.541. The van der Waals surface area contributed by atoms with E-state index in [0.29, 0.717) is 30.8 Å². The standard InChI is InChI=1S/C31H28N4O4/c36-30(24-11-6-12-27(19-24)35(38)39)33-26-13-14-29(34-18-16-23-9-4-5-10-25(23)21-34)28(20-26)31(37)32-17-15-22-7-2-1-3-8-22/h1-14,19-20H,15-18,21H2,(H,32,37)(H,33,36). The number of nitrogens with one attached hydrogen (secondary N) is 2. The predicted molar refractivity (Wildman–Crippen MR) is 151 cm³/mol. The summed E-state index contributed by atoms with van der Waals surface area (Å²) in [5, 5.41) is 16.9. The fourth-order valence-electron chi connectivity index (χ4n) is 4.80. The number of fused-ring (bicyclic) bond motifs is 1. The molecule has 0 unspecified atom stereocenters. The van der Waals surface area contributed by atoms with Crippen molar-refractivity contribution in [3.63, 3.8) is 0 Å². The Kier molecular flexibility index (Phi) is 7.63. The molecule has 1 aliphatic rings. The number of amides is 2. The molecule has 0 atom stereocenters. The van der Waals surface area contributed by atoms with Crippen LogP contribution in [0.4, 0.5) is 17.1 Å². The zero-order valence-electron chi connectivity index (χ0n) is 21.3. The fourth-order valence-corrected chi connectivity index (χ4v) is 4.80. The van der Waals surface area contributed by atoms with E-state index >= 15 is 0 Å². The summed E-state index contributed by atoms with van der Waals surface area (Å²) in [6.45, 7) is 1.91. The number of hydrogen-bond donors (Lipinski definition) is 2. The van der Waals surface area contributed by atoms with Crippen LogP contribution in [0, 0.1) is 10.1 Å². The SMILES string of the molecule is O=C(Nc1ccc(N2CCc3ccccc3C2)c(C(=O)NCCc2ccccc2)c1)c1cccc([N+](=O)[O-])c1. The van der Waals surface area contributed by atoms with Gasteiger partial charge in [-0.05, 0) is 53.8 Å². The Bertz CT molecular complexity index is 1520. The van der Waals surface area contributed by atoms with Gasteiger partial charge in [-0.25, -0.2) is 0 Å². The lowest BCUT2D eigenvalue weighted by Crippen LogP contribution is -2.33. The first-order valence-electron chi connectivity index (χ1n) is 12.8. The van der Waals surface area contributed by atoms with Gasteiger partial charge in [0.2, 0.25) is 0 Å². The number of carbonyl (C=O) groups is 2. The Morgan fingerprint density at radius 1 is 0.846 bits per heavy atom. The summed E-state index contributed by atoms with van der Waals surface area (Å²) >= 11 is 0. The lowest BCUT2D eigenvalue weighted by Gasteiger charge is -2.32. The van der Waals surface area contributed by atoms with Crippen molar-refractivity contribution in [3.8, 4) is 0 Å². The number of nitro groups is 1. The highest BCUT2D eigenvalue weighted by molar-refractivity contribution is 6.06. The Balaban J connectivity index is 1.39. The second kappa shape index (κ2) is 11.6. The van der Waals surface area contributed by atoms with Gasteiger partial charge in [-0.15, -0.1) is 0 Å². The van der Waals surface area contributed by atoms with Gasteiger partial charge in [-0.2, -0.15) is 0 Å². The van der Waals surface area contributed by atoms with Crippen molar-refractivity contribution in [2.45, 2.75) is 19.4 Å². The zero-order valence-corrected chi connectivity index (χ0v) is 21.3. The molecule has 8 nitrogen and oxygen atoms in total. The molecule has 0 saturated carbocycles. The smallest absolute Gasteiger partial charge is 0.270 e. The molecule has 196 valence electrons. The van der Waals surface area contributed by atoms with Crippen LogP contribution in [0.2, 0.25) is 0 Å². The van der Waals surface area contributed by atoms with Crippen molar-refractivity contribution < 1.29 is 14.5 Å². The average Bonchev–Trinajstić information content (AvgIpc) is 2.97. The number of carbonyl (C=O) groups excluding carboxylic acids is 2. The molecule has 0 fully saturated rings. The van der Waals surface area contributed by atoms with Gasteiger partial charge in [0.05, 0.1) is 10.5 Å². The summed E-state index contributed by atoms with van der Waals surface area (Å²) in [6, 6.07) is 29.1. The number of benzene rings is 4. The Labute approximate surface area is 226 Å². The van der Waals surface area contributed by atoms with Gasteiger partial charge in [0.15, 0.2) is 0 Å². The first kappa shape index (κ1) is 25.7. The summed E-state index contributed by atoms with van der Waals surface area (Å²) < 4.78 is 0. The van der Waals surface area contributed by atoms with Crippen LogP contribution in [-0.2, 0) is 19.4 Å². The van der Waals surface area contributed by atoms with E-state index in [4.69, 9.17) is 0 Å². The number of hydrogen-bond acceptors (Lipinski definition) is 5. The molecule has 5 rings (SSSR count). The van der Waals surface area contributed by atoms with Crippen molar-refractivity contribution in [2.24, 2.45) is 0 Å². The molecule has 8 heteroatoms. The van der Waals surface area contributed by atoms with Crippen LogP contribution >= 0.6 is 0 Å². The molecule has 2 amide bonds. The van der Waals surface area contributed by atoms with Crippen molar-refractivity contribution in [1.29, 1.82) is 0 Å². The highest BCUT2D eigenvalue weighted by Crippen LogP contribution is 2.30.